The van der Waals surface area contributed by atoms with Gasteiger partial charge < -0.3 is 54.8 Å². The van der Waals surface area contributed by atoms with E-state index in [0.29, 0.717) is 4.57 Å². The lowest BCUT2D eigenvalue weighted by atomic mass is 9.99. The number of hydrogen-bond donors (Lipinski definition) is 9. The minimum absolute atomic E-state index is 0.700. The Kier molecular flexibility index (Phi) is 14.0. The molecule has 0 spiro atoms. The van der Waals surface area contributed by atoms with Crippen molar-refractivity contribution in [3.63, 3.8) is 0 Å². The summed E-state index contributed by atoms with van der Waals surface area (Å²) in [5, 5.41) is 58.3. The largest absolute Gasteiger partial charge is 0.483 e. The number of aromatic amines is 1. The molecule has 3 rings (SSSR count). The summed E-state index contributed by atoms with van der Waals surface area (Å²) in [4.78, 5) is 57.9. The van der Waals surface area contributed by atoms with Crippen LogP contribution in [0.1, 0.15) is 27.0 Å². The second kappa shape index (κ2) is 16.1. The fourth-order valence-corrected chi connectivity index (χ4v) is 6.16. The number of hydrogen-bond acceptors (Lipinski definition) is 16. The standard InChI is InChI=1S/C15H22N2O18P2.C6H15N/c18-5-1-2-17(15(26)16-5)12-9(22)6(19)4(32-12)3-31-36(27,28)35-37(29,30)34-14-10(23)7(20)8(21)11(33-14)13(24)25;1-4-7(5-2)6-3/h1-2,4,6-12,14,19-23H,3H2,(H,24,25)(H,27,28)(H,29,30)(H,16,18,26);4-6H2,1-3H3/t4-,6-,7+,8+,9-,10-,11+,12-,14-;/m1./s1. The van der Waals surface area contributed by atoms with Crippen molar-refractivity contribution in [3.05, 3.63) is 33.1 Å². The van der Waals surface area contributed by atoms with E-state index in [1.165, 1.54) is 19.6 Å². The number of phosphoric acid groups is 2. The summed E-state index contributed by atoms with van der Waals surface area (Å²) in [5.74, 6) is -1.85. The van der Waals surface area contributed by atoms with Gasteiger partial charge in [0.05, 0.1) is 6.61 Å². The number of carboxylic acids is 1. The van der Waals surface area contributed by atoms with Gasteiger partial charge >= 0.3 is 27.3 Å². The molecule has 2 aliphatic rings. The number of H-pyrrole nitrogens is 1. The number of nitrogens with one attached hydrogen (secondary N) is 1. The van der Waals surface area contributed by atoms with Gasteiger partial charge in [0.1, 0.15) is 36.6 Å². The van der Waals surface area contributed by atoms with E-state index in [1.54, 1.807) is 0 Å². The molecule has 11 atom stereocenters. The lowest BCUT2D eigenvalue weighted by molar-refractivity contribution is -0.274. The molecule has 23 heteroatoms. The fraction of sp³-hybridized carbons (Fsp3) is 0.762. The molecule has 44 heavy (non-hydrogen) atoms. The molecule has 3 heterocycles. The van der Waals surface area contributed by atoms with Gasteiger partial charge in [0.2, 0.25) is 0 Å². The van der Waals surface area contributed by atoms with Crippen LogP contribution in [0.3, 0.4) is 0 Å². The molecule has 2 aliphatic heterocycles. The molecule has 1 aromatic rings. The summed E-state index contributed by atoms with van der Waals surface area (Å²) in [7, 11) is -11.3. The van der Waals surface area contributed by atoms with Crippen LogP contribution in [-0.4, -0.2) is 136 Å². The van der Waals surface area contributed by atoms with E-state index in [1.807, 2.05) is 4.98 Å². The van der Waals surface area contributed by atoms with Crippen molar-refractivity contribution in [3.8, 4) is 0 Å². The molecule has 0 amide bonds. The Morgan fingerprint density at radius 2 is 1.52 bits per heavy atom. The van der Waals surface area contributed by atoms with E-state index in [2.05, 4.69) is 43.8 Å². The molecule has 21 nitrogen and oxygen atoms in total. The number of nitrogens with zero attached hydrogens (tertiary/aromatic N) is 2. The van der Waals surface area contributed by atoms with Crippen LogP contribution < -0.4 is 11.2 Å². The highest BCUT2D eigenvalue weighted by atomic mass is 31.3. The Labute approximate surface area is 249 Å². The van der Waals surface area contributed by atoms with Crippen LogP contribution in [0, 0.1) is 0 Å². The normalized spacial score (nSPS) is 33.2. The number of aliphatic hydroxyl groups is 5. The third-order valence-electron chi connectivity index (χ3n) is 6.46. The molecule has 0 bridgehead atoms. The van der Waals surface area contributed by atoms with Gasteiger partial charge in [0, 0.05) is 12.3 Å². The molecule has 0 radical (unpaired) electrons. The number of rotatable bonds is 12. The lowest BCUT2D eigenvalue weighted by Crippen LogP contribution is -2.60. The molecule has 9 N–H and O–H groups in total. The van der Waals surface area contributed by atoms with Crippen molar-refractivity contribution in [1.29, 1.82) is 0 Å². The summed E-state index contributed by atoms with van der Waals surface area (Å²) >= 11 is 0. The molecule has 254 valence electrons. The number of aliphatic hydroxyl groups excluding tert-OH is 5. The van der Waals surface area contributed by atoms with E-state index in [9.17, 15) is 58.8 Å². The quantitative estimate of drug-likeness (QED) is 0.0973. The molecule has 2 unspecified atom stereocenters. The van der Waals surface area contributed by atoms with Gasteiger partial charge in [-0.3, -0.25) is 23.4 Å². The van der Waals surface area contributed by atoms with Gasteiger partial charge in [-0.25, -0.2) is 18.7 Å². The Balaban J connectivity index is 0.000000860. The number of aliphatic carboxylic acids is 1. The first kappa shape index (κ1) is 38.3. The van der Waals surface area contributed by atoms with Crippen LogP contribution in [0.5, 0.6) is 0 Å². The van der Waals surface area contributed by atoms with E-state index in [0.717, 1.165) is 12.3 Å². The predicted octanol–water partition coefficient (Wildman–Crippen LogP) is -3.35. The highest BCUT2D eigenvalue weighted by Crippen LogP contribution is 2.61. The zero-order valence-electron chi connectivity index (χ0n) is 23.6. The fourth-order valence-electron chi connectivity index (χ4n) is 4.01. The maximum absolute atomic E-state index is 12.2. The molecule has 0 saturated carbocycles. The van der Waals surface area contributed by atoms with Gasteiger partial charge in [-0.05, 0) is 19.6 Å². The van der Waals surface area contributed by atoms with Gasteiger partial charge in [-0.15, -0.1) is 0 Å². The van der Waals surface area contributed by atoms with Crippen LogP contribution in [-0.2, 0) is 36.8 Å². The predicted molar refractivity (Wildman–Crippen MR) is 143 cm³/mol. The summed E-state index contributed by atoms with van der Waals surface area (Å²) in [6, 6.07) is 0.910. The number of carboxylic acid groups (broad SMARTS) is 1. The van der Waals surface area contributed by atoms with Crippen molar-refractivity contribution in [2.24, 2.45) is 0 Å². The van der Waals surface area contributed by atoms with Crippen molar-refractivity contribution in [1.82, 2.24) is 14.5 Å². The van der Waals surface area contributed by atoms with E-state index >= 15 is 0 Å². The first-order valence-electron chi connectivity index (χ1n) is 13.1. The minimum atomic E-state index is -5.72. The van der Waals surface area contributed by atoms with Gasteiger partial charge in [0.15, 0.2) is 18.6 Å². The third-order valence-corrected chi connectivity index (χ3v) is 9.06. The van der Waals surface area contributed by atoms with Gasteiger partial charge in [-0.2, -0.15) is 4.31 Å². The molecule has 2 saturated heterocycles. The third kappa shape index (κ3) is 10.0. The second-order valence-electron chi connectivity index (χ2n) is 9.34. The molecular formula is C21H37N3O18P2. The molecule has 0 aromatic carbocycles. The highest BCUT2D eigenvalue weighted by Gasteiger charge is 2.51. The topological polar surface area (TPSA) is 317 Å². The highest BCUT2D eigenvalue weighted by molar-refractivity contribution is 7.61. The average molecular weight is 681 g/mol. The SMILES string of the molecule is CCN(CC)CC.O=C(O)[C@H]1O[C@H](OP(=O)(O)OP(=O)(O)OC[C@H]2O[C@@H](n3ccc(=O)[nH]c3=O)[C@H](O)[C@@H]2O)[C@H](O)[C@@H](O)[C@@H]1O. The zero-order chi connectivity index (χ0) is 33.6. The average Bonchev–Trinajstić information content (AvgIpc) is 3.21. The van der Waals surface area contributed by atoms with Crippen molar-refractivity contribution in [2.75, 3.05) is 26.2 Å². The minimum Gasteiger partial charge on any atom is -0.479 e. The number of ether oxygens (including phenoxy) is 2. The van der Waals surface area contributed by atoms with Gasteiger partial charge in [-0.1, -0.05) is 20.8 Å². The van der Waals surface area contributed by atoms with E-state index in [4.69, 9.17) is 9.84 Å². The lowest BCUT2D eigenvalue weighted by Gasteiger charge is -2.38. The summed E-state index contributed by atoms with van der Waals surface area (Å²) in [5.41, 5.74) is -1.78. The second-order valence-corrected chi connectivity index (χ2v) is 12.3. The molecule has 0 aliphatic carbocycles. The molecule has 1 aromatic heterocycles. The van der Waals surface area contributed by atoms with Crippen molar-refractivity contribution in [2.45, 2.75) is 76.0 Å². The first-order valence-corrected chi connectivity index (χ1v) is 16.0. The zero-order valence-corrected chi connectivity index (χ0v) is 25.4. The van der Waals surface area contributed by atoms with E-state index < -0.39 is 94.7 Å². The van der Waals surface area contributed by atoms with Crippen LogP contribution in [0.25, 0.3) is 0 Å². The van der Waals surface area contributed by atoms with Crippen LogP contribution in [0.15, 0.2) is 21.9 Å². The summed E-state index contributed by atoms with van der Waals surface area (Å²) in [6.07, 6.45) is -17.2. The Bertz CT molecular complexity index is 1300. The maximum atomic E-state index is 12.2. The van der Waals surface area contributed by atoms with Crippen LogP contribution >= 0.6 is 15.6 Å². The van der Waals surface area contributed by atoms with Gasteiger partial charge in [0.25, 0.3) is 5.56 Å². The Morgan fingerprint density at radius 3 is 2.02 bits per heavy atom. The Hall–Kier alpha value is -1.91. The number of aromatic nitrogens is 2. The monoisotopic (exact) mass is 681 g/mol. The summed E-state index contributed by atoms with van der Waals surface area (Å²) in [6.45, 7) is 9.05. The molecule has 2 fully saturated rings. The smallest absolute Gasteiger partial charge is 0.479 e. The maximum Gasteiger partial charge on any atom is 0.483 e. The number of phosphoric ester groups is 2. The van der Waals surface area contributed by atoms with Crippen molar-refractivity contribution >= 4 is 21.6 Å². The van der Waals surface area contributed by atoms with E-state index in [-0.39, 0.29) is 0 Å². The number of carbonyl (C=O) groups is 1. The Morgan fingerprint density at radius 1 is 0.932 bits per heavy atom. The van der Waals surface area contributed by atoms with Crippen molar-refractivity contribution < 1.29 is 77.2 Å². The summed E-state index contributed by atoms with van der Waals surface area (Å²) < 4.78 is 47.6. The first-order chi connectivity index (χ1) is 20.4. The van der Waals surface area contributed by atoms with Crippen LogP contribution in [0.4, 0.5) is 0 Å². The van der Waals surface area contributed by atoms with Crippen LogP contribution in [0.2, 0.25) is 0 Å². The molecular weight excluding hydrogens is 644 g/mol.